The molecule has 6 heteroatoms. The molecule has 1 atom stereocenters. The van der Waals surface area contributed by atoms with E-state index in [-0.39, 0.29) is 0 Å². The maximum absolute atomic E-state index is 5.82. The maximum Gasteiger partial charge on any atom is 0.220 e. The van der Waals surface area contributed by atoms with Crippen molar-refractivity contribution in [2.45, 2.75) is 50.7 Å². The molecule has 2 nitrogen and oxygen atoms in total. The summed E-state index contributed by atoms with van der Waals surface area (Å²) >= 11 is 12.8. The molecule has 0 spiro atoms. The molecule has 1 rings (SSSR count). The van der Waals surface area contributed by atoms with Crippen molar-refractivity contribution in [3.05, 3.63) is 29.0 Å². The zero-order valence-electron chi connectivity index (χ0n) is 13.2. The lowest BCUT2D eigenvalue weighted by atomic mass is 10.1. The topological polar surface area (TPSA) is 22.1 Å². The summed E-state index contributed by atoms with van der Waals surface area (Å²) in [6.45, 7) is 9.81. The Hall–Kier alpha value is -0.103. The molecule has 0 N–H and O–H groups in total. The van der Waals surface area contributed by atoms with Gasteiger partial charge in [-0.05, 0) is 49.7 Å². The molecule has 1 heterocycles. The van der Waals surface area contributed by atoms with Crippen molar-refractivity contribution >= 4 is 48.0 Å². The third-order valence-corrected chi connectivity index (χ3v) is 6.60. The van der Waals surface area contributed by atoms with E-state index in [0.29, 0.717) is 21.4 Å². The van der Waals surface area contributed by atoms with Crippen LogP contribution in [0.2, 0.25) is 30.8 Å². The van der Waals surface area contributed by atoms with E-state index in [1.165, 1.54) is 11.6 Å². The minimum absolute atomic E-state index is 0.520. The van der Waals surface area contributed by atoms with Gasteiger partial charge in [0, 0.05) is 19.5 Å². The molecule has 0 radical (unpaired) electrons. The zero-order chi connectivity index (χ0) is 15.9. The second-order valence-electron chi connectivity index (χ2n) is 6.22. The highest BCUT2D eigenvalue weighted by molar-refractivity contribution is 8.23. The molecule has 0 bridgehead atoms. The van der Waals surface area contributed by atoms with E-state index in [0.717, 1.165) is 12.8 Å². The van der Waals surface area contributed by atoms with E-state index >= 15 is 0 Å². The summed E-state index contributed by atoms with van der Waals surface area (Å²) in [5.41, 5.74) is 1.22. The molecule has 118 valence electrons. The van der Waals surface area contributed by atoms with E-state index in [9.17, 15) is 0 Å². The van der Waals surface area contributed by atoms with Gasteiger partial charge in [0.15, 0.2) is 0 Å². The summed E-state index contributed by atoms with van der Waals surface area (Å²) in [6.07, 6.45) is 3.95. The van der Waals surface area contributed by atoms with Gasteiger partial charge in [0.2, 0.25) is 4.38 Å². The van der Waals surface area contributed by atoms with Gasteiger partial charge in [0.1, 0.15) is 5.15 Å². The predicted octanol–water partition coefficient (Wildman–Crippen LogP) is 5.43. The van der Waals surface area contributed by atoms with Crippen molar-refractivity contribution in [3.63, 3.8) is 0 Å². The van der Waals surface area contributed by atoms with Crippen LogP contribution in [0.5, 0.6) is 0 Å². The lowest BCUT2D eigenvalue weighted by Crippen LogP contribution is -2.26. The van der Waals surface area contributed by atoms with Crippen LogP contribution >= 0.6 is 35.6 Å². The van der Waals surface area contributed by atoms with Crippen LogP contribution in [0.1, 0.15) is 18.9 Å². The molecular formula is C15H24ClNOS2Si. The van der Waals surface area contributed by atoms with Crippen molar-refractivity contribution in [2.24, 2.45) is 0 Å². The zero-order valence-corrected chi connectivity index (χ0v) is 16.6. The Morgan fingerprint density at radius 3 is 2.67 bits per heavy atom. The summed E-state index contributed by atoms with van der Waals surface area (Å²) in [6, 6.07) is 5.14. The normalized spacial score (nSPS) is 13.0. The van der Waals surface area contributed by atoms with Gasteiger partial charge < -0.3 is 4.74 Å². The van der Waals surface area contributed by atoms with Crippen LogP contribution in [-0.2, 0) is 11.2 Å². The first-order valence-corrected chi connectivity index (χ1v) is 12.6. The number of pyridine rings is 1. The third kappa shape index (κ3) is 8.81. The number of aromatic nitrogens is 1. The highest BCUT2D eigenvalue weighted by Crippen LogP contribution is 2.28. The number of ether oxygens (including phenoxy) is 1. The van der Waals surface area contributed by atoms with E-state index in [1.807, 2.05) is 25.3 Å². The van der Waals surface area contributed by atoms with Crippen LogP contribution < -0.4 is 0 Å². The summed E-state index contributed by atoms with van der Waals surface area (Å²) < 4.78 is 6.11. The molecule has 1 aromatic heterocycles. The van der Waals surface area contributed by atoms with Crippen LogP contribution in [0.4, 0.5) is 0 Å². The maximum atomic E-state index is 5.82. The molecule has 1 aromatic rings. The first-order valence-electron chi connectivity index (χ1n) is 7.24. The Labute approximate surface area is 144 Å². The molecule has 0 saturated carbocycles. The van der Waals surface area contributed by atoms with Crippen LogP contribution in [0, 0.1) is 0 Å². The second-order valence-corrected chi connectivity index (χ2v) is 14.0. The molecule has 1 unspecified atom stereocenters. The summed E-state index contributed by atoms with van der Waals surface area (Å²) in [5.74, 6) is 0. The Morgan fingerprint density at radius 1 is 1.43 bits per heavy atom. The monoisotopic (exact) mass is 361 g/mol. The first-order chi connectivity index (χ1) is 9.80. The molecule has 0 saturated heterocycles. The van der Waals surface area contributed by atoms with Gasteiger partial charge >= 0.3 is 0 Å². The van der Waals surface area contributed by atoms with Gasteiger partial charge in [0.25, 0.3) is 0 Å². The van der Waals surface area contributed by atoms with Gasteiger partial charge in [-0.3, -0.25) is 0 Å². The number of thioether (sulfide) groups is 1. The Morgan fingerprint density at radius 2 is 2.14 bits per heavy atom. The average Bonchev–Trinajstić information content (AvgIpc) is 2.36. The van der Waals surface area contributed by atoms with Crippen LogP contribution in [0.3, 0.4) is 0 Å². The largest absolute Gasteiger partial charge is 0.479 e. The highest BCUT2D eigenvalue weighted by Gasteiger charge is 2.22. The summed E-state index contributed by atoms with van der Waals surface area (Å²) in [5, 5.41) is 1.07. The third-order valence-electron chi connectivity index (χ3n) is 2.91. The van der Waals surface area contributed by atoms with Gasteiger partial charge in [-0.1, -0.05) is 49.1 Å². The van der Waals surface area contributed by atoms with Crippen LogP contribution in [-0.4, -0.2) is 29.3 Å². The Balaban J connectivity index is 2.59. The average molecular weight is 362 g/mol. The standard InChI is InChI=1S/C15H24ClNOS2Si/c1-5-18-15(19)20-13(11-21(2,3)4)8-6-12-7-9-14(16)17-10-12/h7,9-10,13H,5-6,8,11H2,1-4H3. The number of rotatable bonds is 7. The lowest BCUT2D eigenvalue weighted by Gasteiger charge is -2.24. The minimum atomic E-state index is -1.13. The highest BCUT2D eigenvalue weighted by atomic mass is 35.5. The van der Waals surface area contributed by atoms with Gasteiger partial charge in [-0.15, -0.1) is 0 Å². The lowest BCUT2D eigenvalue weighted by molar-refractivity contribution is 0.346. The van der Waals surface area contributed by atoms with E-state index in [4.69, 9.17) is 28.6 Å². The fraction of sp³-hybridized carbons (Fsp3) is 0.600. The van der Waals surface area contributed by atoms with E-state index in [1.54, 1.807) is 11.8 Å². The number of hydrogen-bond acceptors (Lipinski definition) is 4. The minimum Gasteiger partial charge on any atom is -0.479 e. The summed E-state index contributed by atoms with van der Waals surface area (Å²) in [7, 11) is -1.13. The van der Waals surface area contributed by atoms with Crippen molar-refractivity contribution < 1.29 is 4.74 Å². The number of hydrogen-bond donors (Lipinski definition) is 0. The number of nitrogens with zero attached hydrogens (tertiary/aromatic N) is 1. The number of thiocarbonyl (C=S) groups is 1. The molecule has 21 heavy (non-hydrogen) atoms. The van der Waals surface area contributed by atoms with Gasteiger partial charge in [0.05, 0.1) is 6.61 Å². The Bertz CT molecular complexity index is 448. The van der Waals surface area contributed by atoms with Crippen LogP contribution in [0.25, 0.3) is 0 Å². The summed E-state index contributed by atoms with van der Waals surface area (Å²) in [4.78, 5) is 4.14. The number of halogens is 1. The SMILES string of the molecule is CCOC(=S)SC(CCc1ccc(Cl)nc1)C[Si](C)(C)C. The molecule has 0 aromatic carbocycles. The fourth-order valence-corrected chi connectivity index (χ4v) is 6.79. The number of aryl methyl sites for hydroxylation is 1. The Kier molecular flexibility index (Phi) is 8.24. The van der Waals surface area contributed by atoms with Crippen LogP contribution in [0.15, 0.2) is 18.3 Å². The molecule has 0 aliphatic carbocycles. The van der Waals surface area contributed by atoms with E-state index < -0.39 is 8.07 Å². The van der Waals surface area contributed by atoms with Crippen molar-refractivity contribution in [1.82, 2.24) is 4.98 Å². The first kappa shape index (κ1) is 18.9. The smallest absolute Gasteiger partial charge is 0.220 e. The van der Waals surface area contributed by atoms with Gasteiger partial charge in [-0.2, -0.15) is 0 Å². The molecule has 0 aliphatic rings. The molecule has 0 amide bonds. The van der Waals surface area contributed by atoms with Crippen molar-refractivity contribution in [1.29, 1.82) is 0 Å². The fourth-order valence-electron chi connectivity index (χ4n) is 2.06. The van der Waals surface area contributed by atoms with Gasteiger partial charge in [-0.25, -0.2) is 4.98 Å². The molecular weight excluding hydrogens is 338 g/mol. The molecule has 0 fully saturated rings. The van der Waals surface area contributed by atoms with Crippen molar-refractivity contribution in [2.75, 3.05) is 6.61 Å². The predicted molar refractivity (Wildman–Crippen MR) is 101 cm³/mol. The molecule has 0 aliphatic heterocycles. The quantitative estimate of drug-likeness (QED) is 0.367. The second kappa shape index (κ2) is 9.13. The van der Waals surface area contributed by atoms with E-state index in [2.05, 4.69) is 24.6 Å². The van der Waals surface area contributed by atoms with Crippen molar-refractivity contribution in [3.8, 4) is 0 Å².